The first kappa shape index (κ1) is 9.33. The zero-order valence-electron chi connectivity index (χ0n) is 7.47. The van der Waals surface area contributed by atoms with Gasteiger partial charge in [0.2, 0.25) is 10.0 Å². The highest BCUT2D eigenvalue weighted by Gasteiger charge is 2.35. The number of sulfonamides is 1. The van der Waals surface area contributed by atoms with Crippen molar-refractivity contribution in [1.82, 2.24) is 0 Å². The number of rotatable bonds is 3. The van der Waals surface area contributed by atoms with Gasteiger partial charge in [-0.2, -0.15) is 0 Å². The monoisotopic (exact) mass is 213 g/mol. The van der Waals surface area contributed by atoms with Gasteiger partial charge >= 0.3 is 0 Å². The summed E-state index contributed by atoms with van der Waals surface area (Å²) in [4.78, 5) is 0. The molecule has 0 amide bonds. The van der Waals surface area contributed by atoms with E-state index in [1.807, 2.05) is 0 Å². The van der Waals surface area contributed by atoms with E-state index in [0.29, 0.717) is 5.69 Å². The van der Waals surface area contributed by atoms with E-state index in [2.05, 4.69) is 4.72 Å². The molecule has 0 saturated heterocycles. The zero-order valence-corrected chi connectivity index (χ0v) is 8.29. The van der Waals surface area contributed by atoms with Gasteiger partial charge in [-0.05, 0) is 37.1 Å². The van der Waals surface area contributed by atoms with Crippen molar-refractivity contribution in [2.45, 2.75) is 18.1 Å². The Labute approximate surface area is 82.6 Å². The van der Waals surface area contributed by atoms with Gasteiger partial charge in [0.05, 0.1) is 5.25 Å². The molecule has 1 aromatic rings. The summed E-state index contributed by atoms with van der Waals surface area (Å²) in [6.07, 6.45) is 1.49. The Morgan fingerprint density at radius 3 is 2.29 bits per heavy atom. The molecule has 0 aliphatic heterocycles. The van der Waals surface area contributed by atoms with Crippen LogP contribution in [0.25, 0.3) is 0 Å². The van der Waals surface area contributed by atoms with Crippen molar-refractivity contribution in [3.05, 3.63) is 24.3 Å². The third kappa shape index (κ3) is 1.98. The Hall–Kier alpha value is -1.23. The van der Waals surface area contributed by atoms with Crippen LogP contribution in [0.2, 0.25) is 0 Å². The fourth-order valence-corrected chi connectivity index (χ4v) is 2.54. The molecule has 0 atom stereocenters. The van der Waals surface area contributed by atoms with E-state index in [9.17, 15) is 8.42 Å². The van der Waals surface area contributed by atoms with Crippen LogP contribution in [0.1, 0.15) is 12.8 Å². The van der Waals surface area contributed by atoms with Crippen molar-refractivity contribution in [2.75, 3.05) is 4.72 Å². The van der Waals surface area contributed by atoms with Crippen LogP contribution in [0.15, 0.2) is 24.3 Å². The summed E-state index contributed by atoms with van der Waals surface area (Å²) < 4.78 is 25.4. The molecular formula is C9H11NO3S. The van der Waals surface area contributed by atoms with Gasteiger partial charge in [0.25, 0.3) is 0 Å². The van der Waals surface area contributed by atoms with Crippen molar-refractivity contribution in [3.63, 3.8) is 0 Å². The lowest BCUT2D eigenvalue weighted by atomic mass is 10.3. The number of phenols is 1. The molecule has 0 bridgehead atoms. The summed E-state index contributed by atoms with van der Waals surface area (Å²) in [5, 5.41) is 8.77. The highest BCUT2D eigenvalue weighted by atomic mass is 32.2. The maximum Gasteiger partial charge on any atom is 0.235 e. The first-order valence-corrected chi connectivity index (χ1v) is 5.93. The lowest BCUT2D eigenvalue weighted by molar-refractivity contribution is 0.475. The molecule has 5 heteroatoms. The van der Waals surface area contributed by atoms with Crippen LogP contribution in [-0.4, -0.2) is 18.8 Å². The molecule has 1 saturated carbocycles. The Bertz CT molecular complexity index is 420. The highest BCUT2D eigenvalue weighted by Crippen LogP contribution is 2.29. The third-order valence-corrected chi connectivity index (χ3v) is 3.96. The van der Waals surface area contributed by atoms with Gasteiger partial charge in [0.1, 0.15) is 5.75 Å². The van der Waals surface area contributed by atoms with Gasteiger partial charge in [-0.3, -0.25) is 4.72 Å². The van der Waals surface area contributed by atoms with E-state index in [0.717, 1.165) is 12.8 Å². The Morgan fingerprint density at radius 1 is 1.21 bits per heavy atom. The average molecular weight is 213 g/mol. The predicted molar refractivity (Wildman–Crippen MR) is 53.7 cm³/mol. The van der Waals surface area contributed by atoms with Gasteiger partial charge < -0.3 is 5.11 Å². The smallest absolute Gasteiger partial charge is 0.235 e. The largest absolute Gasteiger partial charge is 0.508 e. The second-order valence-electron chi connectivity index (χ2n) is 3.39. The fraction of sp³-hybridized carbons (Fsp3) is 0.333. The first-order chi connectivity index (χ1) is 6.58. The van der Waals surface area contributed by atoms with Crippen LogP contribution in [0.5, 0.6) is 5.75 Å². The van der Waals surface area contributed by atoms with Crippen LogP contribution < -0.4 is 4.72 Å². The third-order valence-electron chi connectivity index (χ3n) is 2.09. The highest BCUT2D eigenvalue weighted by molar-refractivity contribution is 7.93. The SMILES string of the molecule is O=S(=O)(Nc1ccc(O)cc1)C1CC1. The molecule has 4 nitrogen and oxygen atoms in total. The summed E-state index contributed by atoms with van der Waals surface area (Å²) in [6, 6.07) is 5.97. The van der Waals surface area contributed by atoms with Gasteiger partial charge in [-0.15, -0.1) is 0 Å². The summed E-state index contributed by atoms with van der Waals surface area (Å²) in [5.41, 5.74) is 0.495. The second-order valence-corrected chi connectivity index (χ2v) is 5.35. The standard InChI is InChI=1S/C9H11NO3S/c11-8-3-1-7(2-4-8)10-14(12,13)9-5-6-9/h1-4,9-11H,5-6H2. The van der Waals surface area contributed by atoms with E-state index in [-0.39, 0.29) is 11.0 Å². The molecule has 0 heterocycles. The molecule has 1 aromatic carbocycles. The van der Waals surface area contributed by atoms with Crippen LogP contribution in [-0.2, 0) is 10.0 Å². The van der Waals surface area contributed by atoms with E-state index in [4.69, 9.17) is 5.11 Å². The van der Waals surface area contributed by atoms with Crippen LogP contribution in [0, 0.1) is 0 Å². The second kappa shape index (κ2) is 3.16. The topological polar surface area (TPSA) is 66.4 Å². The predicted octanol–water partition coefficient (Wildman–Crippen LogP) is 1.30. The number of anilines is 1. The summed E-state index contributed by atoms with van der Waals surface area (Å²) in [7, 11) is -3.18. The Balaban J connectivity index is 2.14. The number of phenolic OH excluding ortho intramolecular Hbond substituents is 1. The molecule has 0 radical (unpaired) electrons. The van der Waals surface area contributed by atoms with Gasteiger partial charge in [0.15, 0.2) is 0 Å². The molecule has 76 valence electrons. The molecule has 14 heavy (non-hydrogen) atoms. The maximum atomic E-state index is 11.5. The van der Waals surface area contributed by atoms with Crippen LogP contribution in [0.4, 0.5) is 5.69 Å². The number of aromatic hydroxyl groups is 1. The zero-order chi connectivity index (χ0) is 10.2. The molecule has 0 unspecified atom stereocenters. The van der Waals surface area contributed by atoms with Gasteiger partial charge in [0, 0.05) is 5.69 Å². The number of hydrogen-bond acceptors (Lipinski definition) is 3. The minimum Gasteiger partial charge on any atom is -0.508 e. The fourth-order valence-electron chi connectivity index (χ4n) is 1.16. The molecule has 0 spiro atoms. The number of benzene rings is 1. The van der Waals surface area contributed by atoms with Gasteiger partial charge in [-0.1, -0.05) is 0 Å². The molecule has 1 aliphatic carbocycles. The van der Waals surface area contributed by atoms with Crippen molar-refractivity contribution >= 4 is 15.7 Å². The lowest BCUT2D eigenvalue weighted by Gasteiger charge is -2.06. The van der Waals surface area contributed by atoms with Crippen molar-refractivity contribution in [1.29, 1.82) is 0 Å². The van der Waals surface area contributed by atoms with Crippen LogP contribution in [0.3, 0.4) is 0 Å². The summed E-state index contributed by atoms with van der Waals surface area (Å²) in [5.74, 6) is 0.124. The minimum atomic E-state index is -3.18. The summed E-state index contributed by atoms with van der Waals surface area (Å²) in [6.45, 7) is 0. The normalized spacial score (nSPS) is 16.6. The molecule has 2 rings (SSSR count). The molecular weight excluding hydrogens is 202 g/mol. The lowest BCUT2D eigenvalue weighted by Crippen LogP contribution is -2.17. The van der Waals surface area contributed by atoms with Gasteiger partial charge in [-0.25, -0.2) is 8.42 Å². The number of nitrogens with one attached hydrogen (secondary N) is 1. The van der Waals surface area contributed by atoms with E-state index in [1.54, 1.807) is 0 Å². The first-order valence-electron chi connectivity index (χ1n) is 4.38. The van der Waals surface area contributed by atoms with E-state index < -0.39 is 10.0 Å². The average Bonchev–Trinajstić information content (AvgIpc) is 2.91. The van der Waals surface area contributed by atoms with Crippen molar-refractivity contribution in [3.8, 4) is 5.75 Å². The van der Waals surface area contributed by atoms with E-state index >= 15 is 0 Å². The number of hydrogen-bond donors (Lipinski definition) is 2. The minimum absolute atomic E-state index is 0.124. The Kier molecular flexibility index (Phi) is 2.11. The Morgan fingerprint density at radius 2 is 1.79 bits per heavy atom. The molecule has 1 fully saturated rings. The quantitative estimate of drug-likeness (QED) is 0.744. The molecule has 0 aromatic heterocycles. The molecule has 2 N–H and O–H groups in total. The van der Waals surface area contributed by atoms with Crippen molar-refractivity contribution < 1.29 is 13.5 Å². The van der Waals surface area contributed by atoms with E-state index in [1.165, 1.54) is 24.3 Å². The summed E-state index contributed by atoms with van der Waals surface area (Å²) >= 11 is 0. The van der Waals surface area contributed by atoms with Crippen LogP contribution >= 0.6 is 0 Å². The molecule has 1 aliphatic rings. The van der Waals surface area contributed by atoms with Crippen molar-refractivity contribution in [2.24, 2.45) is 0 Å². The maximum absolute atomic E-state index is 11.5.